The minimum atomic E-state index is -1.23. The average molecular weight is 506 g/mol. The van der Waals surface area contributed by atoms with E-state index in [1.165, 1.54) is 4.90 Å². The highest BCUT2D eigenvalue weighted by molar-refractivity contribution is 5.92. The Bertz CT molecular complexity index is 822. The summed E-state index contributed by atoms with van der Waals surface area (Å²) in [6.45, 7) is 11.5. The zero-order chi connectivity index (χ0) is 27.1. The number of nitrogens with one attached hydrogen (secondary N) is 2. The van der Waals surface area contributed by atoms with Crippen LogP contribution < -0.4 is 10.6 Å². The highest BCUT2D eigenvalue weighted by atomic mass is 16.6. The van der Waals surface area contributed by atoms with Crippen molar-refractivity contribution in [3.05, 3.63) is 35.4 Å². The predicted octanol–water partition coefficient (Wildman–Crippen LogP) is 4.64. The summed E-state index contributed by atoms with van der Waals surface area (Å²) < 4.78 is 5.29. The number of benzene rings is 1. The number of nitrogens with zero attached hydrogens (tertiary/aromatic N) is 1. The second kappa shape index (κ2) is 16.2. The van der Waals surface area contributed by atoms with Crippen LogP contribution in [0.2, 0.25) is 0 Å². The van der Waals surface area contributed by atoms with Gasteiger partial charge in [0.1, 0.15) is 17.7 Å². The SMILES string of the molecule is CCCCCCN(C(=O)C(CO)NC(=O)OC(C)(C)C)C(C(=O)NCCCCC)c1cccc(C)c1. The summed E-state index contributed by atoms with van der Waals surface area (Å²) in [6.07, 6.45) is 5.75. The van der Waals surface area contributed by atoms with Crippen LogP contribution in [0, 0.1) is 6.92 Å². The van der Waals surface area contributed by atoms with Crippen molar-refractivity contribution in [3.8, 4) is 0 Å². The molecule has 8 nitrogen and oxygen atoms in total. The van der Waals surface area contributed by atoms with Crippen molar-refractivity contribution in [2.24, 2.45) is 0 Å². The molecule has 2 unspecified atom stereocenters. The molecular weight excluding hydrogens is 458 g/mol. The van der Waals surface area contributed by atoms with Gasteiger partial charge in [-0.3, -0.25) is 9.59 Å². The van der Waals surface area contributed by atoms with Gasteiger partial charge in [-0.25, -0.2) is 4.79 Å². The Hall–Kier alpha value is -2.61. The number of carbonyl (C=O) groups is 3. The van der Waals surface area contributed by atoms with Gasteiger partial charge in [0.25, 0.3) is 0 Å². The average Bonchev–Trinajstić information content (AvgIpc) is 2.80. The fourth-order valence-electron chi connectivity index (χ4n) is 3.91. The number of aryl methyl sites for hydroxylation is 1. The van der Waals surface area contributed by atoms with Gasteiger partial charge in [0, 0.05) is 13.1 Å². The first-order valence-electron chi connectivity index (χ1n) is 13.3. The first kappa shape index (κ1) is 31.4. The van der Waals surface area contributed by atoms with Crippen molar-refractivity contribution in [1.82, 2.24) is 15.5 Å². The minimum Gasteiger partial charge on any atom is -0.444 e. The van der Waals surface area contributed by atoms with Crippen LogP contribution in [0.15, 0.2) is 24.3 Å². The van der Waals surface area contributed by atoms with E-state index in [-0.39, 0.29) is 5.91 Å². The molecular formula is C28H47N3O5. The van der Waals surface area contributed by atoms with Crippen molar-refractivity contribution < 1.29 is 24.2 Å². The van der Waals surface area contributed by atoms with Gasteiger partial charge >= 0.3 is 6.09 Å². The minimum absolute atomic E-state index is 0.269. The van der Waals surface area contributed by atoms with Crippen LogP contribution in [0.25, 0.3) is 0 Å². The van der Waals surface area contributed by atoms with Crippen LogP contribution in [0.1, 0.15) is 96.7 Å². The highest BCUT2D eigenvalue weighted by Crippen LogP contribution is 2.24. The van der Waals surface area contributed by atoms with E-state index in [4.69, 9.17) is 4.74 Å². The predicted molar refractivity (Wildman–Crippen MR) is 143 cm³/mol. The monoisotopic (exact) mass is 505 g/mol. The smallest absolute Gasteiger partial charge is 0.408 e. The summed E-state index contributed by atoms with van der Waals surface area (Å²) in [6, 6.07) is 5.43. The van der Waals surface area contributed by atoms with Crippen LogP contribution in [0.5, 0.6) is 0 Å². The van der Waals surface area contributed by atoms with Gasteiger partial charge in [0.05, 0.1) is 6.61 Å². The molecule has 0 radical (unpaired) electrons. The maximum absolute atomic E-state index is 13.7. The number of rotatable bonds is 15. The van der Waals surface area contributed by atoms with E-state index < -0.39 is 36.3 Å². The van der Waals surface area contributed by atoms with Gasteiger partial charge in [-0.1, -0.05) is 75.8 Å². The lowest BCUT2D eigenvalue weighted by Crippen LogP contribution is -2.54. The lowest BCUT2D eigenvalue weighted by Gasteiger charge is -2.34. The molecule has 0 aliphatic carbocycles. The fourth-order valence-corrected chi connectivity index (χ4v) is 3.91. The van der Waals surface area contributed by atoms with Gasteiger partial charge in [-0.15, -0.1) is 0 Å². The lowest BCUT2D eigenvalue weighted by molar-refractivity contribution is -0.143. The Kier molecular flexibility index (Phi) is 14.1. The number of hydrogen-bond acceptors (Lipinski definition) is 5. The first-order valence-corrected chi connectivity index (χ1v) is 13.3. The normalized spacial score (nSPS) is 13.0. The highest BCUT2D eigenvalue weighted by Gasteiger charge is 2.35. The number of unbranched alkanes of at least 4 members (excludes halogenated alkanes) is 5. The van der Waals surface area contributed by atoms with Crippen LogP contribution in [0.4, 0.5) is 4.79 Å². The summed E-state index contributed by atoms with van der Waals surface area (Å²) in [5, 5.41) is 15.5. The second-order valence-corrected chi connectivity index (χ2v) is 10.3. The third kappa shape index (κ3) is 11.4. The number of carbonyl (C=O) groups excluding carboxylic acids is 3. The Labute approximate surface area is 217 Å². The molecule has 0 spiro atoms. The maximum atomic E-state index is 13.7. The first-order chi connectivity index (χ1) is 17.0. The van der Waals surface area contributed by atoms with Gasteiger partial charge in [-0.2, -0.15) is 0 Å². The summed E-state index contributed by atoms with van der Waals surface area (Å²) in [4.78, 5) is 41.1. The van der Waals surface area contributed by atoms with Crippen molar-refractivity contribution in [2.45, 2.75) is 104 Å². The summed E-state index contributed by atoms with van der Waals surface area (Å²) in [5.74, 6) is -0.787. The molecule has 8 heteroatoms. The quantitative estimate of drug-likeness (QED) is 0.301. The summed E-state index contributed by atoms with van der Waals surface area (Å²) in [5.41, 5.74) is 0.913. The van der Waals surface area contributed by atoms with Gasteiger partial charge in [-0.05, 0) is 46.1 Å². The number of aliphatic hydroxyl groups is 1. The van der Waals surface area contributed by atoms with E-state index in [1.54, 1.807) is 20.8 Å². The number of ether oxygens (including phenoxy) is 1. The van der Waals surface area contributed by atoms with Crippen molar-refractivity contribution in [3.63, 3.8) is 0 Å². The van der Waals surface area contributed by atoms with Gasteiger partial charge in [0.15, 0.2) is 0 Å². The Morgan fingerprint density at radius 2 is 1.69 bits per heavy atom. The Morgan fingerprint density at radius 1 is 1.03 bits per heavy atom. The molecule has 0 aliphatic heterocycles. The molecule has 1 aromatic rings. The molecule has 0 saturated carbocycles. The molecule has 2 atom stereocenters. The standard InChI is InChI=1S/C28H47N3O5/c1-7-9-11-13-18-31(26(34)23(20-32)30-27(35)36-28(4,5)6)24(22-16-14-15-21(3)19-22)25(33)29-17-12-10-8-2/h14-16,19,23-24,32H,7-13,17-18,20H2,1-6H3,(H,29,33)(H,30,35). The number of alkyl carbamates (subject to hydrolysis) is 1. The van der Waals surface area contributed by atoms with E-state index in [2.05, 4.69) is 24.5 Å². The van der Waals surface area contributed by atoms with Crippen LogP contribution >= 0.6 is 0 Å². The molecule has 3 N–H and O–H groups in total. The van der Waals surface area contributed by atoms with Crippen molar-refractivity contribution in [2.75, 3.05) is 19.7 Å². The topological polar surface area (TPSA) is 108 Å². The molecule has 36 heavy (non-hydrogen) atoms. The zero-order valence-electron chi connectivity index (χ0n) is 23.1. The van der Waals surface area contributed by atoms with E-state index in [0.717, 1.165) is 44.1 Å². The van der Waals surface area contributed by atoms with E-state index in [9.17, 15) is 19.5 Å². The zero-order valence-corrected chi connectivity index (χ0v) is 23.1. The summed E-state index contributed by atoms with van der Waals surface area (Å²) in [7, 11) is 0. The van der Waals surface area contributed by atoms with Gasteiger partial charge in [0.2, 0.25) is 11.8 Å². The van der Waals surface area contributed by atoms with Crippen molar-refractivity contribution in [1.29, 1.82) is 0 Å². The van der Waals surface area contributed by atoms with Crippen LogP contribution in [0.3, 0.4) is 0 Å². The lowest BCUT2D eigenvalue weighted by atomic mass is 10.00. The van der Waals surface area contributed by atoms with Crippen molar-refractivity contribution >= 4 is 17.9 Å². The molecule has 3 amide bonds. The largest absolute Gasteiger partial charge is 0.444 e. The third-order valence-electron chi connectivity index (χ3n) is 5.70. The molecule has 204 valence electrons. The molecule has 1 aromatic carbocycles. The Balaban J connectivity index is 3.31. The molecule has 0 aliphatic rings. The van der Waals surface area contributed by atoms with Crippen LogP contribution in [-0.4, -0.2) is 59.3 Å². The van der Waals surface area contributed by atoms with Crippen LogP contribution in [-0.2, 0) is 14.3 Å². The second-order valence-electron chi connectivity index (χ2n) is 10.3. The Morgan fingerprint density at radius 3 is 2.28 bits per heavy atom. The molecule has 0 saturated heterocycles. The van der Waals surface area contributed by atoms with Gasteiger partial charge < -0.3 is 25.4 Å². The van der Waals surface area contributed by atoms with E-state index in [1.807, 2.05) is 31.2 Å². The molecule has 0 heterocycles. The molecule has 0 fully saturated rings. The number of hydrogen-bond donors (Lipinski definition) is 3. The number of amides is 3. The molecule has 0 aromatic heterocycles. The van der Waals surface area contributed by atoms with E-state index >= 15 is 0 Å². The summed E-state index contributed by atoms with van der Waals surface area (Å²) >= 11 is 0. The van der Waals surface area contributed by atoms with E-state index in [0.29, 0.717) is 25.1 Å². The third-order valence-corrected chi connectivity index (χ3v) is 5.70. The molecule has 1 rings (SSSR count). The fraction of sp³-hybridized carbons (Fsp3) is 0.679. The number of aliphatic hydroxyl groups excluding tert-OH is 1. The maximum Gasteiger partial charge on any atom is 0.408 e. The molecule has 0 bridgehead atoms.